The lowest BCUT2D eigenvalue weighted by atomic mass is 9.84. The molecule has 1 saturated carbocycles. The zero-order valence-electron chi connectivity index (χ0n) is 12.3. The van der Waals surface area contributed by atoms with Crippen molar-refractivity contribution in [2.24, 2.45) is 11.7 Å². The average molecular weight is 281 g/mol. The number of nitrogens with one attached hydrogen (secondary N) is 1. The number of hydrogen-bond donors (Lipinski definition) is 2. The highest BCUT2D eigenvalue weighted by atomic mass is 16.2. The first-order valence-corrected chi connectivity index (χ1v) is 7.95. The molecule has 0 bridgehead atoms. The van der Waals surface area contributed by atoms with Crippen molar-refractivity contribution in [2.45, 2.75) is 57.4 Å². The van der Waals surface area contributed by atoms with Crippen LogP contribution in [0.2, 0.25) is 0 Å². The predicted molar refractivity (Wildman–Crippen MR) is 78.0 cm³/mol. The summed E-state index contributed by atoms with van der Waals surface area (Å²) in [6.07, 6.45) is 7.49. The van der Waals surface area contributed by atoms with E-state index >= 15 is 0 Å². The molecule has 1 heterocycles. The van der Waals surface area contributed by atoms with Gasteiger partial charge in [-0.05, 0) is 38.0 Å². The number of rotatable bonds is 5. The Bertz CT molecular complexity index is 340. The van der Waals surface area contributed by atoms with Crippen LogP contribution in [0.15, 0.2) is 0 Å². The highest BCUT2D eigenvalue weighted by molar-refractivity contribution is 5.79. The van der Waals surface area contributed by atoms with Gasteiger partial charge in [-0.15, -0.1) is 0 Å². The van der Waals surface area contributed by atoms with Crippen LogP contribution in [-0.4, -0.2) is 42.4 Å². The Balaban J connectivity index is 1.58. The molecule has 2 fully saturated rings. The maximum absolute atomic E-state index is 11.8. The van der Waals surface area contributed by atoms with E-state index in [-0.39, 0.29) is 17.9 Å². The van der Waals surface area contributed by atoms with E-state index in [1.807, 2.05) is 4.90 Å². The summed E-state index contributed by atoms with van der Waals surface area (Å²) < 4.78 is 0. The van der Waals surface area contributed by atoms with E-state index in [0.717, 1.165) is 51.6 Å². The number of nitrogens with two attached hydrogens (primary N) is 1. The highest BCUT2D eigenvalue weighted by Crippen LogP contribution is 2.25. The van der Waals surface area contributed by atoms with Gasteiger partial charge in [-0.25, -0.2) is 0 Å². The van der Waals surface area contributed by atoms with Crippen LogP contribution in [-0.2, 0) is 9.59 Å². The molecule has 1 aliphatic carbocycles. The average Bonchev–Trinajstić information content (AvgIpc) is 2.92. The van der Waals surface area contributed by atoms with Gasteiger partial charge in [-0.1, -0.05) is 6.42 Å². The number of likely N-dealkylation sites (tertiary alicyclic amines) is 1. The quantitative estimate of drug-likeness (QED) is 0.790. The Morgan fingerprint density at radius 1 is 1.15 bits per heavy atom. The molecule has 3 N–H and O–H groups in total. The first-order chi connectivity index (χ1) is 9.65. The second-order valence-corrected chi connectivity index (χ2v) is 6.18. The van der Waals surface area contributed by atoms with E-state index < -0.39 is 0 Å². The van der Waals surface area contributed by atoms with Crippen LogP contribution in [0, 0.1) is 5.92 Å². The van der Waals surface area contributed by atoms with Crippen LogP contribution < -0.4 is 11.1 Å². The summed E-state index contributed by atoms with van der Waals surface area (Å²) in [7, 11) is 0. The Kier molecular flexibility index (Phi) is 5.83. The van der Waals surface area contributed by atoms with E-state index in [0.29, 0.717) is 25.3 Å². The Hall–Kier alpha value is -1.10. The van der Waals surface area contributed by atoms with Gasteiger partial charge in [0, 0.05) is 38.5 Å². The zero-order chi connectivity index (χ0) is 14.4. The van der Waals surface area contributed by atoms with Crippen LogP contribution in [0.1, 0.15) is 51.4 Å². The summed E-state index contributed by atoms with van der Waals surface area (Å²) in [5.41, 5.74) is 5.93. The summed E-state index contributed by atoms with van der Waals surface area (Å²) in [5.74, 6) is 0.661. The van der Waals surface area contributed by atoms with Gasteiger partial charge < -0.3 is 16.0 Å². The number of carbonyl (C=O) groups excluding carboxylic acids is 2. The molecule has 20 heavy (non-hydrogen) atoms. The molecule has 5 nitrogen and oxygen atoms in total. The molecular formula is C15H27N3O2. The molecule has 2 rings (SSSR count). The van der Waals surface area contributed by atoms with Gasteiger partial charge in [0.1, 0.15) is 0 Å². The normalized spacial score (nSPS) is 26.6. The maximum atomic E-state index is 11.8. The van der Waals surface area contributed by atoms with Crippen molar-refractivity contribution in [3.8, 4) is 0 Å². The molecule has 1 aliphatic heterocycles. The Morgan fingerprint density at radius 3 is 2.60 bits per heavy atom. The first kappa shape index (κ1) is 15.3. The maximum Gasteiger partial charge on any atom is 0.224 e. The van der Waals surface area contributed by atoms with Gasteiger partial charge in [-0.3, -0.25) is 9.59 Å². The minimum Gasteiger partial charge on any atom is -0.356 e. The third kappa shape index (κ3) is 4.78. The summed E-state index contributed by atoms with van der Waals surface area (Å²) in [6.45, 7) is 2.23. The summed E-state index contributed by atoms with van der Waals surface area (Å²) in [6, 6.07) is 0.262. The van der Waals surface area contributed by atoms with Gasteiger partial charge in [0.25, 0.3) is 0 Å². The van der Waals surface area contributed by atoms with Gasteiger partial charge in [-0.2, -0.15) is 0 Å². The fraction of sp³-hybridized carbons (Fsp3) is 0.867. The van der Waals surface area contributed by atoms with Crippen molar-refractivity contribution in [3.63, 3.8) is 0 Å². The largest absolute Gasteiger partial charge is 0.356 e. The third-order valence-corrected chi connectivity index (χ3v) is 4.42. The predicted octanol–water partition coefficient (Wildman–Crippen LogP) is 1.02. The number of amides is 2. The summed E-state index contributed by atoms with van der Waals surface area (Å²) in [4.78, 5) is 25.6. The zero-order valence-corrected chi connectivity index (χ0v) is 12.3. The van der Waals surface area contributed by atoms with E-state index in [1.54, 1.807) is 0 Å². The van der Waals surface area contributed by atoms with Crippen molar-refractivity contribution >= 4 is 11.8 Å². The van der Waals surface area contributed by atoms with Crippen LogP contribution >= 0.6 is 0 Å². The second-order valence-electron chi connectivity index (χ2n) is 6.18. The molecule has 2 unspecified atom stereocenters. The van der Waals surface area contributed by atoms with E-state index in [1.165, 1.54) is 0 Å². The van der Waals surface area contributed by atoms with Crippen LogP contribution in [0.4, 0.5) is 0 Å². The van der Waals surface area contributed by atoms with Crippen molar-refractivity contribution in [1.82, 2.24) is 10.2 Å². The molecule has 2 amide bonds. The van der Waals surface area contributed by atoms with Crippen LogP contribution in [0.5, 0.6) is 0 Å². The highest BCUT2D eigenvalue weighted by Gasteiger charge is 2.22. The van der Waals surface area contributed by atoms with Gasteiger partial charge in [0.15, 0.2) is 0 Å². The first-order valence-electron chi connectivity index (χ1n) is 7.95. The molecule has 2 aliphatic rings. The molecule has 0 spiro atoms. The van der Waals surface area contributed by atoms with E-state index in [4.69, 9.17) is 5.73 Å². The summed E-state index contributed by atoms with van der Waals surface area (Å²) >= 11 is 0. The number of carbonyl (C=O) groups is 2. The monoisotopic (exact) mass is 281 g/mol. The number of hydrogen-bond acceptors (Lipinski definition) is 3. The molecule has 0 radical (unpaired) electrons. The lowest BCUT2D eigenvalue weighted by molar-refractivity contribution is -0.130. The number of nitrogens with zero attached hydrogens (tertiary/aromatic N) is 1. The van der Waals surface area contributed by atoms with Crippen molar-refractivity contribution in [1.29, 1.82) is 0 Å². The van der Waals surface area contributed by atoms with Gasteiger partial charge in [0.2, 0.25) is 11.8 Å². The third-order valence-electron chi connectivity index (χ3n) is 4.42. The Labute approximate surface area is 121 Å². The van der Waals surface area contributed by atoms with Crippen LogP contribution in [0.25, 0.3) is 0 Å². The molecule has 1 saturated heterocycles. The van der Waals surface area contributed by atoms with Crippen molar-refractivity contribution in [3.05, 3.63) is 0 Å². The smallest absolute Gasteiger partial charge is 0.224 e. The van der Waals surface area contributed by atoms with Gasteiger partial charge >= 0.3 is 0 Å². The second kappa shape index (κ2) is 7.62. The lowest BCUT2D eigenvalue weighted by Gasteiger charge is -2.26. The van der Waals surface area contributed by atoms with Gasteiger partial charge in [0.05, 0.1) is 0 Å². The van der Waals surface area contributed by atoms with Crippen LogP contribution in [0.3, 0.4) is 0 Å². The SMILES string of the molecule is NC1CCCC(CC(=O)NCCC(=O)N2CCCC2)C1. The molecule has 5 heteroatoms. The Morgan fingerprint density at radius 2 is 1.90 bits per heavy atom. The fourth-order valence-corrected chi connectivity index (χ4v) is 3.29. The molecule has 0 aromatic carbocycles. The lowest BCUT2D eigenvalue weighted by Crippen LogP contribution is -2.34. The standard InChI is InChI=1S/C15H27N3O2/c16-13-5-3-4-12(10-13)11-14(19)17-7-6-15(20)18-8-1-2-9-18/h12-13H,1-11,16H2,(H,17,19). The molecule has 114 valence electrons. The molecule has 2 atom stereocenters. The van der Waals surface area contributed by atoms with E-state index in [2.05, 4.69) is 5.32 Å². The molecule has 0 aromatic heterocycles. The molecule has 0 aromatic rings. The minimum atomic E-state index is 0.0679. The van der Waals surface area contributed by atoms with Crippen molar-refractivity contribution < 1.29 is 9.59 Å². The topological polar surface area (TPSA) is 75.4 Å². The molecular weight excluding hydrogens is 254 g/mol. The minimum absolute atomic E-state index is 0.0679. The summed E-state index contributed by atoms with van der Waals surface area (Å²) in [5, 5.41) is 2.87. The van der Waals surface area contributed by atoms with Crippen molar-refractivity contribution in [2.75, 3.05) is 19.6 Å². The van der Waals surface area contributed by atoms with E-state index in [9.17, 15) is 9.59 Å². The fourth-order valence-electron chi connectivity index (χ4n) is 3.29.